The minimum atomic E-state index is 0.113. The van der Waals surface area contributed by atoms with E-state index in [1.165, 1.54) is 21.8 Å². The number of amides is 1. The third-order valence-electron chi connectivity index (χ3n) is 2.44. The first-order chi connectivity index (χ1) is 6.70. The van der Waals surface area contributed by atoms with Crippen molar-refractivity contribution in [2.75, 3.05) is 6.54 Å². The predicted octanol–water partition coefficient (Wildman–Crippen LogP) is 1.52. The molecule has 0 N–H and O–H groups in total. The first-order valence-electron chi connectivity index (χ1n) is 4.48. The zero-order chi connectivity index (χ0) is 10.1. The first-order valence-corrected chi connectivity index (χ1v) is 5.29. The smallest absolute Gasteiger partial charge is 0.219 e. The van der Waals surface area contributed by atoms with Crippen molar-refractivity contribution in [3.8, 4) is 6.07 Å². The van der Waals surface area contributed by atoms with Gasteiger partial charge >= 0.3 is 0 Å². The molecule has 0 fully saturated rings. The second-order valence-corrected chi connectivity index (χ2v) is 4.50. The van der Waals surface area contributed by atoms with E-state index in [0.29, 0.717) is 6.54 Å². The first kappa shape index (κ1) is 9.22. The third kappa shape index (κ3) is 1.51. The number of carbonyl (C=O) groups excluding carboxylic acids is 1. The van der Waals surface area contributed by atoms with Gasteiger partial charge in [-0.25, -0.2) is 0 Å². The fraction of sp³-hybridized carbons (Fsp3) is 0.400. The number of hydrogen-bond acceptors (Lipinski definition) is 3. The van der Waals surface area contributed by atoms with E-state index in [1.807, 2.05) is 11.0 Å². The van der Waals surface area contributed by atoms with Crippen LogP contribution in [0, 0.1) is 11.3 Å². The molecule has 1 aromatic heterocycles. The highest BCUT2D eigenvalue weighted by Crippen LogP contribution is 2.27. The van der Waals surface area contributed by atoms with Gasteiger partial charge in [-0.2, -0.15) is 5.26 Å². The molecule has 0 atom stereocenters. The highest BCUT2D eigenvalue weighted by molar-refractivity contribution is 7.12. The topological polar surface area (TPSA) is 44.1 Å². The summed E-state index contributed by atoms with van der Waals surface area (Å²) in [5, 5.41) is 8.74. The van der Waals surface area contributed by atoms with Gasteiger partial charge in [-0.1, -0.05) is 0 Å². The number of nitrogens with zero attached hydrogens (tertiary/aromatic N) is 2. The van der Waals surface area contributed by atoms with E-state index >= 15 is 0 Å². The average Bonchev–Trinajstić information content (AvgIpc) is 2.58. The van der Waals surface area contributed by atoms with Crippen LogP contribution in [0.5, 0.6) is 0 Å². The maximum absolute atomic E-state index is 11.2. The van der Waals surface area contributed by atoms with Crippen LogP contribution in [0.4, 0.5) is 0 Å². The molecule has 0 unspecified atom stereocenters. The van der Waals surface area contributed by atoms with Crippen molar-refractivity contribution >= 4 is 17.2 Å². The zero-order valence-corrected chi connectivity index (χ0v) is 8.73. The fourth-order valence-electron chi connectivity index (χ4n) is 1.64. The minimum Gasteiger partial charge on any atom is -0.337 e. The summed E-state index contributed by atoms with van der Waals surface area (Å²) in [4.78, 5) is 14.9. The Morgan fingerprint density at radius 1 is 1.71 bits per heavy atom. The Morgan fingerprint density at radius 3 is 3.14 bits per heavy atom. The van der Waals surface area contributed by atoms with Crippen molar-refractivity contribution in [2.24, 2.45) is 0 Å². The lowest BCUT2D eigenvalue weighted by atomic mass is 10.1. The molecule has 0 aromatic carbocycles. The maximum atomic E-state index is 11.2. The Kier molecular flexibility index (Phi) is 2.26. The van der Waals surface area contributed by atoms with Crippen molar-refractivity contribution in [2.45, 2.75) is 19.9 Å². The third-order valence-corrected chi connectivity index (χ3v) is 3.50. The molecule has 2 heterocycles. The second kappa shape index (κ2) is 3.43. The van der Waals surface area contributed by atoms with Gasteiger partial charge in [0.15, 0.2) is 0 Å². The van der Waals surface area contributed by atoms with Crippen molar-refractivity contribution in [3.05, 3.63) is 21.4 Å². The molecular weight excluding hydrogens is 196 g/mol. The summed E-state index contributed by atoms with van der Waals surface area (Å²) in [5.41, 5.74) is 1.24. The van der Waals surface area contributed by atoms with Gasteiger partial charge in [0.2, 0.25) is 5.91 Å². The van der Waals surface area contributed by atoms with E-state index < -0.39 is 0 Å². The van der Waals surface area contributed by atoms with Crippen LogP contribution in [0.1, 0.15) is 22.2 Å². The Balaban J connectivity index is 2.26. The van der Waals surface area contributed by atoms with Crippen molar-refractivity contribution in [1.29, 1.82) is 5.26 Å². The molecule has 14 heavy (non-hydrogen) atoms. The summed E-state index contributed by atoms with van der Waals surface area (Å²) < 4.78 is 0. The molecule has 4 heteroatoms. The predicted molar refractivity (Wildman–Crippen MR) is 53.8 cm³/mol. The lowest BCUT2D eigenvalue weighted by Crippen LogP contribution is -2.33. The van der Waals surface area contributed by atoms with Gasteiger partial charge < -0.3 is 4.90 Å². The minimum absolute atomic E-state index is 0.113. The van der Waals surface area contributed by atoms with E-state index in [0.717, 1.165) is 17.8 Å². The summed E-state index contributed by atoms with van der Waals surface area (Å²) in [6.45, 7) is 3.05. The molecule has 0 saturated heterocycles. The molecule has 1 amide bonds. The van der Waals surface area contributed by atoms with Crippen molar-refractivity contribution < 1.29 is 4.79 Å². The SMILES string of the molecule is CC(=O)N1CCc2cc(C#N)sc2C1. The molecule has 2 rings (SSSR count). The van der Waals surface area contributed by atoms with Crippen molar-refractivity contribution in [3.63, 3.8) is 0 Å². The van der Waals surface area contributed by atoms with E-state index in [-0.39, 0.29) is 5.91 Å². The van der Waals surface area contributed by atoms with Crippen LogP contribution in [0.15, 0.2) is 6.07 Å². The quantitative estimate of drug-likeness (QED) is 0.646. The van der Waals surface area contributed by atoms with E-state index in [1.54, 1.807) is 6.92 Å². The molecule has 0 saturated carbocycles. The van der Waals surface area contributed by atoms with Crippen LogP contribution < -0.4 is 0 Å². The lowest BCUT2D eigenvalue weighted by molar-refractivity contribution is -0.129. The Hall–Kier alpha value is -1.34. The summed E-state index contributed by atoms with van der Waals surface area (Å²) in [6.07, 6.45) is 0.882. The summed E-state index contributed by atoms with van der Waals surface area (Å²) in [6, 6.07) is 4.09. The normalized spacial score (nSPS) is 14.7. The molecule has 0 radical (unpaired) electrons. The Labute approximate surface area is 86.6 Å². The maximum Gasteiger partial charge on any atom is 0.219 e. The summed E-state index contributed by atoms with van der Waals surface area (Å²) in [7, 11) is 0. The number of thiophene rings is 1. The van der Waals surface area contributed by atoms with Gasteiger partial charge in [0.05, 0.1) is 6.54 Å². The van der Waals surface area contributed by atoms with Gasteiger partial charge in [0.1, 0.15) is 10.9 Å². The van der Waals surface area contributed by atoms with E-state index in [4.69, 9.17) is 5.26 Å². The van der Waals surface area contributed by atoms with Crippen LogP contribution in [0.2, 0.25) is 0 Å². The van der Waals surface area contributed by atoms with Gasteiger partial charge in [-0.05, 0) is 18.1 Å². The molecule has 0 spiro atoms. The molecule has 3 nitrogen and oxygen atoms in total. The summed E-state index contributed by atoms with van der Waals surface area (Å²) >= 11 is 1.50. The molecule has 1 aromatic rings. The molecule has 1 aliphatic heterocycles. The number of rotatable bonds is 0. The zero-order valence-electron chi connectivity index (χ0n) is 7.91. The van der Waals surface area contributed by atoms with Crippen LogP contribution in [0.3, 0.4) is 0 Å². The highest BCUT2D eigenvalue weighted by Gasteiger charge is 2.20. The fourth-order valence-corrected chi connectivity index (χ4v) is 2.67. The van der Waals surface area contributed by atoms with E-state index in [2.05, 4.69) is 6.07 Å². The van der Waals surface area contributed by atoms with Crippen LogP contribution in [-0.4, -0.2) is 17.4 Å². The average molecular weight is 206 g/mol. The molecule has 1 aliphatic rings. The number of fused-ring (bicyclic) bond motifs is 1. The van der Waals surface area contributed by atoms with Gasteiger partial charge in [-0.15, -0.1) is 11.3 Å². The Bertz CT molecular complexity index is 416. The van der Waals surface area contributed by atoms with Crippen molar-refractivity contribution in [1.82, 2.24) is 4.90 Å². The number of nitriles is 1. The van der Waals surface area contributed by atoms with E-state index in [9.17, 15) is 4.79 Å². The van der Waals surface area contributed by atoms with Gasteiger partial charge in [-0.3, -0.25) is 4.79 Å². The van der Waals surface area contributed by atoms with Gasteiger partial charge in [0.25, 0.3) is 0 Å². The molecular formula is C10H10N2OS. The lowest BCUT2D eigenvalue weighted by Gasteiger charge is -2.25. The monoisotopic (exact) mass is 206 g/mol. The van der Waals surface area contributed by atoms with Gasteiger partial charge in [0, 0.05) is 18.3 Å². The number of hydrogen-bond donors (Lipinski definition) is 0. The molecule has 72 valence electrons. The van der Waals surface area contributed by atoms with Crippen LogP contribution in [0.25, 0.3) is 0 Å². The molecule has 0 bridgehead atoms. The second-order valence-electron chi connectivity index (χ2n) is 3.36. The van der Waals surface area contributed by atoms with Crippen LogP contribution in [-0.2, 0) is 17.8 Å². The highest BCUT2D eigenvalue weighted by atomic mass is 32.1. The summed E-state index contributed by atoms with van der Waals surface area (Å²) in [5.74, 6) is 0.113. The number of carbonyl (C=O) groups is 1. The molecule has 0 aliphatic carbocycles. The standard InChI is InChI=1S/C10H10N2OS/c1-7(13)12-3-2-8-4-9(5-11)14-10(8)6-12/h4H,2-3,6H2,1H3. The largest absolute Gasteiger partial charge is 0.337 e. The Morgan fingerprint density at radius 2 is 2.50 bits per heavy atom. The van der Waals surface area contributed by atoms with Crippen LogP contribution >= 0.6 is 11.3 Å².